The second-order valence-corrected chi connectivity index (χ2v) is 7.61. The number of rotatable bonds is 7. The highest BCUT2D eigenvalue weighted by molar-refractivity contribution is 8.00. The molecule has 0 spiro atoms. The second kappa shape index (κ2) is 9.07. The summed E-state index contributed by atoms with van der Waals surface area (Å²) in [6, 6.07) is 11.0. The van der Waals surface area contributed by atoms with Crippen LogP contribution in [0.15, 0.2) is 47.8 Å². The molecule has 1 atom stereocenters. The Morgan fingerprint density at radius 3 is 2.75 bits per heavy atom. The number of thioether (sulfide) groups is 1. The van der Waals surface area contributed by atoms with Crippen molar-refractivity contribution < 1.29 is 9.53 Å². The number of para-hydroxylation sites is 1. The van der Waals surface area contributed by atoms with Gasteiger partial charge in [-0.25, -0.2) is 4.98 Å². The van der Waals surface area contributed by atoms with E-state index in [1.807, 2.05) is 42.7 Å². The van der Waals surface area contributed by atoms with Gasteiger partial charge in [0.25, 0.3) is 0 Å². The summed E-state index contributed by atoms with van der Waals surface area (Å²) in [5.74, 6) is 1.70. The Bertz CT molecular complexity index is 961. The predicted molar refractivity (Wildman–Crippen MR) is 111 cm³/mol. The number of methoxy groups -OCH3 is 1. The van der Waals surface area contributed by atoms with Crippen molar-refractivity contribution in [1.29, 1.82) is 0 Å². The lowest BCUT2D eigenvalue weighted by Gasteiger charge is -2.13. The predicted octanol–water partition coefficient (Wildman–Crippen LogP) is 4.14. The van der Waals surface area contributed by atoms with Crippen molar-refractivity contribution in [3.05, 3.63) is 47.6 Å². The minimum atomic E-state index is -0.391. The number of hydrogen-bond acceptors (Lipinski definition) is 6. The molecule has 2 aromatic heterocycles. The summed E-state index contributed by atoms with van der Waals surface area (Å²) >= 11 is 7.16. The van der Waals surface area contributed by atoms with E-state index < -0.39 is 5.25 Å². The smallest absolute Gasteiger partial charge is 0.238 e. The molecule has 3 rings (SSSR count). The Morgan fingerprint density at radius 2 is 2.07 bits per heavy atom. The molecule has 1 unspecified atom stereocenters. The minimum Gasteiger partial charge on any atom is -0.496 e. The number of aromatic nitrogens is 4. The molecule has 146 valence electrons. The van der Waals surface area contributed by atoms with Crippen LogP contribution in [0.4, 0.5) is 5.82 Å². The first kappa shape index (κ1) is 20.2. The third kappa shape index (κ3) is 4.45. The highest BCUT2D eigenvalue weighted by Gasteiger charge is 2.21. The highest BCUT2D eigenvalue weighted by atomic mass is 35.5. The van der Waals surface area contributed by atoms with E-state index in [1.165, 1.54) is 18.0 Å². The van der Waals surface area contributed by atoms with E-state index in [0.717, 1.165) is 11.3 Å². The minimum absolute atomic E-state index is 0.177. The van der Waals surface area contributed by atoms with Crippen molar-refractivity contribution >= 4 is 35.1 Å². The fourth-order valence-corrected chi connectivity index (χ4v) is 3.60. The molecule has 1 amide bonds. The molecule has 28 heavy (non-hydrogen) atoms. The Morgan fingerprint density at radius 1 is 1.29 bits per heavy atom. The van der Waals surface area contributed by atoms with Crippen LogP contribution in [-0.4, -0.2) is 38.0 Å². The van der Waals surface area contributed by atoms with E-state index >= 15 is 0 Å². The number of carbonyl (C=O) groups is 1. The number of benzene rings is 1. The number of hydrogen-bond donors (Lipinski definition) is 1. The van der Waals surface area contributed by atoms with E-state index in [1.54, 1.807) is 19.2 Å². The summed E-state index contributed by atoms with van der Waals surface area (Å²) < 4.78 is 7.40. The lowest BCUT2D eigenvalue weighted by atomic mass is 10.2. The monoisotopic (exact) mass is 417 g/mol. The zero-order chi connectivity index (χ0) is 20.1. The molecule has 9 heteroatoms. The van der Waals surface area contributed by atoms with E-state index in [9.17, 15) is 4.79 Å². The summed E-state index contributed by atoms with van der Waals surface area (Å²) in [6.07, 6.45) is 1.49. The average Bonchev–Trinajstić information content (AvgIpc) is 3.11. The Labute approximate surface area is 172 Å². The first-order chi connectivity index (χ1) is 13.5. The van der Waals surface area contributed by atoms with Crippen LogP contribution in [0.2, 0.25) is 5.02 Å². The zero-order valence-electron chi connectivity index (χ0n) is 15.7. The van der Waals surface area contributed by atoms with Gasteiger partial charge in [0.1, 0.15) is 11.6 Å². The van der Waals surface area contributed by atoms with Gasteiger partial charge in [-0.15, -0.1) is 10.2 Å². The van der Waals surface area contributed by atoms with Gasteiger partial charge in [0.05, 0.1) is 22.9 Å². The first-order valence-corrected chi connectivity index (χ1v) is 9.95. The molecular formula is C19H20ClN5O2S. The third-order valence-electron chi connectivity index (χ3n) is 4.01. The van der Waals surface area contributed by atoms with Crippen LogP contribution in [0.3, 0.4) is 0 Å². The number of nitrogens with zero attached hydrogens (tertiary/aromatic N) is 4. The summed E-state index contributed by atoms with van der Waals surface area (Å²) in [7, 11) is 1.62. The van der Waals surface area contributed by atoms with Crippen LogP contribution in [-0.2, 0) is 11.3 Å². The molecule has 0 bridgehead atoms. The highest BCUT2D eigenvalue weighted by Crippen LogP contribution is 2.32. The van der Waals surface area contributed by atoms with Crippen LogP contribution in [0.5, 0.6) is 5.75 Å². The van der Waals surface area contributed by atoms with Gasteiger partial charge < -0.3 is 14.6 Å². The number of amides is 1. The second-order valence-electron chi connectivity index (χ2n) is 5.86. The van der Waals surface area contributed by atoms with Crippen LogP contribution in [0, 0.1) is 0 Å². The Balaban J connectivity index is 1.78. The number of halogens is 1. The third-order valence-corrected chi connectivity index (χ3v) is 5.32. The van der Waals surface area contributed by atoms with Crippen molar-refractivity contribution in [2.45, 2.75) is 30.8 Å². The largest absolute Gasteiger partial charge is 0.496 e. The van der Waals surface area contributed by atoms with Crippen LogP contribution >= 0.6 is 23.4 Å². The van der Waals surface area contributed by atoms with Gasteiger partial charge in [-0.2, -0.15) is 0 Å². The molecule has 0 fully saturated rings. The number of anilines is 1. The fraction of sp³-hybridized carbons (Fsp3) is 0.263. The molecule has 3 aromatic rings. The maximum Gasteiger partial charge on any atom is 0.238 e. The maximum atomic E-state index is 12.5. The van der Waals surface area contributed by atoms with E-state index in [-0.39, 0.29) is 5.91 Å². The van der Waals surface area contributed by atoms with Crippen molar-refractivity contribution in [1.82, 2.24) is 19.7 Å². The van der Waals surface area contributed by atoms with Crippen LogP contribution in [0.25, 0.3) is 11.4 Å². The van der Waals surface area contributed by atoms with Gasteiger partial charge in [-0.3, -0.25) is 4.79 Å². The molecule has 1 N–H and O–H groups in total. The van der Waals surface area contributed by atoms with Gasteiger partial charge >= 0.3 is 0 Å². The summed E-state index contributed by atoms with van der Waals surface area (Å²) in [5.41, 5.74) is 0.855. The van der Waals surface area contributed by atoms with Gasteiger partial charge in [0.15, 0.2) is 11.0 Å². The van der Waals surface area contributed by atoms with Gasteiger partial charge in [-0.05, 0) is 38.1 Å². The Hall–Kier alpha value is -2.58. The molecule has 7 nitrogen and oxygen atoms in total. The van der Waals surface area contributed by atoms with Crippen molar-refractivity contribution in [3.8, 4) is 17.1 Å². The average molecular weight is 418 g/mol. The lowest BCUT2D eigenvalue weighted by molar-refractivity contribution is -0.115. The van der Waals surface area contributed by atoms with Gasteiger partial charge in [0, 0.05) is 12.7 Å². The number of carbonyl (C=O) groups excluding carboxylic acids is 1. The van der Waals surface area contributed by atoms with Crippen molar-refractivity contribution in [3.63, 3.8) is 0 Å². The standard InChI is InChI=1S/C19H20ClN5O2S/c1-4-25-17(14-7-5-6-8-15(14)27-3)23-24-19(25)28-12(2)18(26)22-16-10-9-13(20)11-21-16/h5-12H,4H2,1-3H3,(H,21,22,26). The molecule has 0 aliphatic carbocycles. The van der Waals surface area contributed by atoms with Crippen LogP contribution < -0.4 is 10.1 Å². The van der Waals surface area contributed by atoms with E-state index in [4.69, 9.17) is 16.3 Å². The molecule has 0 aliphatic rings. The number of nitrogens with one attached hydrogen (secondary N) is 1. The van der Waals surface area contributed by atoms with Crippen LogP contribution in [0.1, 0.15) is 13.8 Å². The molecule has 0 aliphatic heterocycles. The molecule has 1 aromatic carbocycles. The number of ether oxygens (including phenoxy) is 1. The number of pyridine rings is 1. The summed E-state index contributed by atoms with van der Waals surface area (Å²) in [4.78, 5) is 16.6. The molecule has 0 saturated carbocycles. The van der Waals surface area contributed by atoms with E-state index in [0.29, 0.717) is 28.4 Å². The molecular weight excluding hydrogens is 398 g/mol. The topological polar surface area (TPSA) is 81.9 Å². The zero-order valence-corrected chi connectivity index (χ0v) is 17.3. The summed E-state index contributed by atoms with van der Waals surface area (Å²) in [6.45, 7) is 4.48. The van der Waals surface area contributed by atoms with Crippen molar-refractivity contribution in [2.75, 3.05) is 12.4 Å². The normalized spacial score (nSPS) is 11.9. The lowest BCUT2D eigenvalue weighted by Crippen LogP contribution is -2.23. The maximum absolute atomic E-state index is 12.5. The molecule has 2 heterocycles. The first-order valence-electron chi connectivity index (χ1n) is 8.69. The Kier molecular flexibility index (Phi) is 6.53. The van der Waals surface area contributed by atoms with Gasteiger partial charge in [-0.1, -0.05) is 35.5 Å². The molecule has 0 saturated heterocycles. The summed E-state index contributed by atoms with van der Waals surface area (Å²) in [5, 5.41) is 12.2. The quantitative estimate of drug-likeness (QED) is 0.582. The molecule has 0 radical (unpaired) electrons. The fourth-order valence-electron chi connectivity index (χ4n) is 2.58. The van der Waals surface area contributed by atoms with Crippen molar-refractivity contribution in [2.24, 2.45) is 0 Å². The van der Waals surface area contributed by atoms with E-state index in [2.05, 4.69) is 20.5 Å². The van der Waals surface area contributed by atoms with Gasteiger partial charge in [0.2, 0.25) is 5.91 Å². The SMILES string of the molecule is CCn1c(SC(C)C(=O)Nc2ccc(Cl)cn2)nnc1-c1ccccc1OC.